The Labute approximate surface area is 268 Å². The molecule has 2 bridgehead atoms. The van der Waals surface area contributed by atoms with Crippen molar-refractivity contribution in [2.75, 3.05) is 49.8 Å². The summed E-state index contributed by atoms with van der Waals surface area (Å²) in [6.07, 6.45) is 11.2. The van der Waals surface area contributed by atoms with E-state index in [1.165, 1.54) is 49.8 Å². The molecular formula is C37H49N7O. The minimum Gasteiger partial charge on any atom is -0.388 e. The van der Waals surface area contributed by atoms with Crippen LogP contribution >= 0.6 is 0 Å². The summed E-state index contributed by atoms with van der Waals surface area (Å²) < 4.78 is 7.81. The van der Waals surface area contributed by atoms with E-state index in [-0.39, 0.29) is 0 Å². The fourth-order valence-electron chi connectivity index (χ4n) is 8.67. The van der Waals surface area contributed by atoms with Gasteiger partial charge in [-0.1, -0.05) is 44.7 Å². The van der Waals surface area contributed by atoms with Gasteiger partial charge >= 0.3 is 0 Å². The molecule has 6 rings (SSSR count). The molecular weight excluding hydrogens is 558 g/mol. The van der Waals surface area contributed by atoms with Gasteiger partial charge in [0.1, 0.15) is 0 Å². The number of rotatable bonds is 12. The van der Waals surface area contributed by atoms with Crippen molar-refractivity contribution in [3.63, 3.8) is 0 Å². The number of nitriles is 1. The highest BCUT2D eigenvalue weighted by Crippen LogP contribution is 2.63. The van der Waals surface area contributed by atoms with Crippen LogP contribution in [-0.4, -0.2) is 48.3 Å². The number of fused-ring (bicyclic) bond motifs is 3. The second-order valence-electron chi connectivity index (χ2n) is 14.0. The number of aromatic nitrogens is 2. The van der Waals surface area contributed by atoms with Crippen molar-refractivity contribution >= 4 is 22.8 Å². The summed E-state index contributed by atoms with van der Waals surface area (Å²) in [5, 5.41) is 19.6. The Balaban J connectivity index is 1.19. The van der Waals surface area contributed by atoms with Gasteiger partial charge in [-0.25, -0.2) is 4.98 Å². The monoisotopic (exact) mass is 607 g/mol. The van der Waals surface area contributed by atoms with E-state index in [9.17, 15) is 5.26 Å². The van der Waals surface area contributed by atoms with E-state index in [1.54, 1.807) is 0 Å². The molecule has 8 nitrogen and oxygen atoms in total. The number of imidazole rings is 1. The van der Waals surface area contributed by atoms with Gasteiger partial charge in [-0.2, -0.15) is 5.26 Å². The topological polar surface area (TPSA) is 90.2 Å². The molecule has 2 aliphatic carbocycles. The summed E-state index contributed by atoms with van der Waals surface area (Å²) in [6.45, 7) is 12.8. The molecule has 0 radical (unpaired) electrons. The van der Waals surface area contributed by atoms with E-state index in [4.69, 9.17) is 9.72 Å². The molecule has 1 aromatic heterocycles. The molecule has 0 saturated heterocycles. The van der Waals surface area contributed by atoms with Crippen molar-refractivity contribution in [3.8, 4) is 17.3 Å². The molecule has 45 heavy (non-hydrogen) atoms. The maximum absolute atomic E-state index is 9.76. The fraction of sp³-hybridized carbons (Fsp3) is 0.514. The predicted octanol–water partition coefficient (Wildman–Crippen LogP) is 7.57. The standard InChI is InChI=1S/C37H49N7O/c1-25(2)33-27(9-7-11-29(33)39-4)28-10-8-12-30(34(28)40-24-38)41-26(3)35-42-31-21-44(19-13-32(31)43(35)5)20-18-36-14-16-37(22-36,17-15-36)23-45-6/h7-12,25,39-41H,3,13-23H2,1-2,4-6H3. The first-order valence-corrected chi connectivity index (χ1v) is 16.5. The van der Waals surface area contributed by atoms with Crippen molar-refractivity contribution < 1.29 is 4.74 Å². The first kappa shape index (κ1) is 31.2. The fourth-order valence-corrected chi connectivity index (χ4v) is 8.67. The molecule has 1 aliphatic heterocycles. The van der Waals surface area contributed by atoms with Crippen LogP contribution in [0.25, 0.3) is 16.8 Å². The van der Waals surface area contributed by atoms with E-state index in [0.717, 1.165) is 78.1 Å². The summed E-state index contributed by atoms with van der Waals surface area (Å²) in [6, 6.07) is 12.4. The first-order valence-electron chi connectivity index (χ1n) is 16.5. The average molecular weight is 608 g/mol. The maximum Gasteiger partial charge on any atom is 0.181 e. The zero-order valence-electron chi connectivity index (χ0n) is 27.7. The highest BCUT2D eigenvalue weighted by Gasteiger charge is 2.53. The molecule has 2 saturated carbocycles. The van der Waals surface area contributed by atoms with Crippen molar-refractivity contribution in [2.24, 2.45) is 17.9 Å². The molecule has 0 spiro atoms. The van der Waals surface area contributed by atoms with E-state index < -0.39 is 0 Å². The lowest BCUT2D eigenvalue weighted by molar-refractivity contribution is 0.0860. The number of methoxy groups -OCH3 is 1. The summed E-state index contributed by atoms with van der Waals surface area (Å²) in [5.41, 5.74) is 10.0. The Morgan fingerprint density at radius 3 is 2.49 bits per heavy atom. The minimum absolute atomic E-state index is 0.295. The Morgan fingerprint density at radius 2 is 1.80 bits per heavy atom. The SMILES string of the molecule is C=C(Nc1cccc(-c2cccc(NC)c2C(C)C)c1NC#N)c1nc2c(n1C)CCN(CCC13CCC(COC)(CC1)C3)C2. The van der Waals surface area contributed by atoms with Crippen LogP contribution in [0.4, 0.5) is 17.1 Å². The molecule has 2 heterocycles. The molecule has 2 fully saturated rings. The number of para-hydroxylation sites is 1. The lowest BCUT2D eigenvalue weighted by Gasteiger charge is -2.32. The third kappa shape index (κ3) is 5.84. The lowest BCUT2D eigenvalue weighted by Crippen LogP contribution is -2.34. The normalized spacial score (nSPS) is 22.3. The van der Waals surface area contributed by atoms with Gasteiger partial charge in [-0.15, -0.1) is 0 Å². The summed E-state index contributed by atoms with van der Waals surface area (Å²) in [5.74, 6) is 1.13. The molecule has 3 N–H and O–H groups in total. The summed E-state index contributed by atoms with van der Waals surface area (Å²) in [4.78, 5) is 7.72. The van der Waals surface area contributed by atoms with Crippen LogP contribution < -0.4 is 16.0 Å². The number of ether oxygens (including phenoxy) is 1. The number of nitrogens with zero attached hydrogens (tertiary/aromatic N) is 4. The summed E-state index contributed by atoms with van der Waals surface area (Å²) >= 11 is 0. The molecule has 0 unspecified atom stereocenters. The number of hydrogen-bond acceptors (Lipinski definition) is 7. The highest BCUT2D eigenvalue weighted by molar-refractivity contribution is 5.93. The van der Waals surface area contributed by atoms with Gasteiger partial charge in [0.15, 0.2) is 12.0 Å². The maximum atomic E-state index is 9.76. The van der Waals surface area contributed by atoms with Gasteiger partial charge in [0.25, 0.3) is 0 Å². The molecule has 2 aromatic carbocycles. The molecule has 0 atom stereocenters. The zero-order valence-corrected chi connectivity index (χ0v) is 27.7. The van der Waals surface area contributed by atoms with Crippen LogP contribution in [0.5, 0.6) is 0 Å². The van der Waals surface area contributed by atoms with Gasteiger partial charge in [0.05, 0.1) is 29.4 Å². The zero-order chi connectivity index (χ0) is 31.8. The number of hydrogen-bond donors (Lipinski definition) is 3. The van der Waals surface area contributed by atoms with Gasteiger partial charge in [-0.05, 0) is 85.1 Å². The van der Waals surface area contributed by atoms with Crippen LogP contribution in [0.15, 0.2) is 43.0 Å². The van der Waals surface area contributed by atoms with Gasteiger partial charge < -0.3 is 19.9 Å². The second kappa shape index (κ2) is 12.5. The van der Waals surface area contributed by atoms with E-state index in [0.29, 0.717) is 16.7 Å². The van der Waals surface area contributed by atoms with Gasteiger partial charge in [-0.3, -0.25) is 10.2 Å². The lowest BCUT2D eigenvalue weighted by atomic mass is 9.80. The Bertz CT molecular complexity index is 1610. The highest BCUT2D eigenvalue weighted by atomic mass is 16.5. The third-order valence-electron chi connectivity index (χ3n) is 10.9. The number of benzene rings is 2. The average Bonchev–Trinajstić information content (AvgIpc) is 3.70. The van der Waals surface area contributed by atoms with Crippen molar-refractivity contribution in [3.05, 3.63) is 65.8 Å². The molecule has 0 amide bonds. The predicted molar refractivity (Wildman–Crippen MR) is 184 cm³/mol. The molecule has 3 aromatic rings. The van der Waals surface area contributed by atoms with Gasteiger partial charge in [0, 0.05) is 57.7 Å². The van der Waals surface area contributed by atoms with Crippen molar-refractivity contribution in [1.82, 2.24) is 14.5 Å². The number of nitrogens with one attached hydrogen (secondary N) is 3. The Morgan fingerprint density at radius 1 is 1.09 bits per heavy atom. The second-order valence-corrected chi connectivity index (χ2v) is 14.0. The first-order chi connectivity index (χ1) is 21.7. The van der Waals surface area contributed by atoms with Crippen LogP contribution in [0.1, 0.15) is 81.1 Å². The van der Waals surface area contributed by atoms with E-state index in [2.05, 4.69) is 83.4 Å². The van der Waals surface area contributed by atoms with E-state index in [1.807, 2.05) is 26.3 Å². The van der Waals surface area contributed by atoms with Crippen molar-refractivity contribution in [2.45, 2.75) is 71.3 Å². The third-order valence-corrected chi connectivity index (χ3v) is 10.9. The minimum atomic E-state index is 0.295. The molecule has 238 valence electrons. The van der Waals surface area contributed by atoms with Gasteiger partial charge in [0.2, 0.25) is 0 Å². The molecule has 8 heteroatoms. The largest absolute Gasteiger partial charge is 0.388 e. The summed E-state index contributed by atoms with van der Waals surface area (Å²) in [7, 11) is 5.90. The molecule has 3 aliphatic rings. The number of anilines is 3. The smallest absolute Gasteiger partial charge is 0.181 e. The van der Waals surface area contributed by atoms with E-state index >= 15 is 0 Å². The van der Waals surface area contributed by atoms with Crippen LogP contribution in [0.3, 0.4) is 0 Å². The quantitative estimate of drug-likeness (QED) is 0.145. The van der Waals surface area contributed by atoms with Crippen LogP contribution in [-0.2, 0) is 24.8 Å². The Hall–Kier alpha value is -3.80. The van der Waals surface area contributed by atoms with Crippen LogP contribution in [0, 0.1) is 22.3 Å². The van der Waals surface area contributed by atoms with Crippen LogP contribution in [0.2, 0.25) is 0 Å². The van der Waals surface area contributed by atoms with Crippen molar-refractivity contribution in [1.29, 1.82) is 5.26 Å². The Kier molecular flexibility index (Phi) is 8.69.